The van der Waals surface area contributed by atoms with Gasteiger partial charge in [0.05, 0.1) is 11.4 Å². The molecule has 1 aromatic heterocycles. The molecule has 2 amide bonds. The van der Waals surface area contributed by atoms with Crippen molar-refractivity contribution in [3.63, 3.8) is 0 Å². The molecule has 33 heavy (non-hydrogen) atoms. The molecular weight excluding hydrogens is 436 g/mol. The lowest BCUT2D eigenvalue weighted by Crippen LogP contribution is -2.27. The number of aryl methyl sites for hydroxylation is 2. The second-order valence-electron chi connectivity index (χ2n) is 8.24. The van der Waals surface area contributed by atoms with Gasteiger partial charge >= 0.3 is 0 Å². The first kappa shape index (κ1) is 21.4. The van der Waals surface area contributed by atoms with Crippen molar-refractivity contribution in [2.75, 3.05) is 13.2 Å². The number of carbonyl (C=O) groups is 2. The summed E-state index contributed by atoms with van der Waals surface area (Å²) in [5, 5.41) is -0.243. The van der Waals surface area contributed by atoms with Crippen molar-refractivity contribution in [3.8, 4) is 17.2 Å². The van der Waals surface area contributed by atoms with Crippen molar-refractivity contribution in [1.82, 2.24) is 9.47 Å². The van der Waals surface area contributed by atoms with E-state index in [2.05, 4.69) is 4.57 Å². The minimum absolute atomic E-state index is 0.243. The molecule has 1 fully saturated rings. The molecule has 2 aliphatic heterocycles. The smallest absolute Gasteiger partial charge is 0.293 e. The minimum atomic E-state index is -0.255. The fourth-order valence-electron chi connectivity index (χ4n) is 4.16. The normalized spacial score (nSPS) is 16.7. The first-order valence-corrected chi connectivity index (χ1v) is 11.6. The van der Waals surface area contributed by atoms with E-state index in [0.29, 0.717) is 18.1 Å². The number of aromatic nitrogens is 1. The summed E-state index contributed by atoms with van der Waals surface area (Å²) < 4.78 is 13.5. The molecule has 0 aliphatic carbocycles. The quantitative estimate of drug-likeness (QED) is 0.487. The molecule has 0 atom stereocenters. The highest BCUT2D eigenvalue weighted by molar-refractivity contribution is 8.18. The maximum absolute atomic E-state index is 13.0. The fourth-order valence-corrected chi connectivity index (χ4v) is 4.98. The second kappa shape index (κ2) is 8.48. The number of hydrogen-bond acceptors (Lipinski definition) is 5. The monoisotopic (exact) mass is 460 g/mol. The number of rotatable bonds is 4. The Kier molecular flexibility index (Phi) is 5.50. The Bertz CT molecular complexity index is 1290. The van der Waals surface area contributed by atoms with Crippen LogP contribution in [0, 0.1) is 20.8 Å². The highest BCUT2D eigenvalue weighted by atomic mass is 32.2. The molecule has 0 spiro atoms. The van der Waals surface area contributed by atoms with Crippen LogP contribution in [-0.2, 0) is 11.3 Å². The van der Waals surface area contributed by atoms with Gasteiger partial charge in [-0.05, 0) is 67.9 Å². The maximum Gasteiger partial charge on any atom is 0.293 e. The Balaban J connectivity index is 1.42. The molecule has 7 heteroatoms. The van der Waals surface area contributed by atoms with Gasteiger partial charge < -0.3 is 14.0 Å². The van der Waals surface area contributed by atoms with E-state index < -0.39 is 0 Å². The lowest BCUT2D eigenvalue weighted by atomic mass is 10.1. The Labute approximate surface area is 196 Å². The van der Waals surface area contributed by atoms with E-state index in [0.717, 1.165) is 57.0 Å². The summed E-state index contributed by atoms with van der Waals surface area (Å²) in [6.45, 7) is 7.39. The number of thioether (sulfide) groups is 1. The number of nitrogens with zero attached hydrogens (tertiary/aromatic N) is 2. The van der Waals surface area contributed by atoms with E-state index in [9.17, 15) is 9.59 Å². The van der Waals surface area contributed by atoms with E-state index in [1.54, 1.807) is 0 Å². The molecule has 3 heterocycles. The van der Waals surface area contributed by atoms with Crippen LogP contribution in [0.25, 0.3) is 11.8 Å². The van der Waals surface area contributed by atoms with Crippen molar-refractivity contribution in [2.24, 2.45) is 0 Å². The topological polar surface area (TPSA) is 60.8 Å². The van der Waals surface area contributed by atoms with Crippen LogP contribution in [0.15, 0.2) is 53.4 Å². The molecule has 6 nitrogen and oxygen atoms in total. The Hall–Kier alpha value is -3.45. The van der Waals surface area contributed by atoms with Crippen LogP contribution in [0.3, 0.4) is 0 Å². The Morgan fingerprint density at radius 3 is 2.42 bits per heavy atom. The number of hydrogen-bond donors (Lipinski definition) is 0. The molecule has 2 aromatic carbocycles. The summed E-state index contributed by atoms with van der Waals surface area (Å²) in [6.07, 6.45) is 1.82. The van der Waals surface area contributed by atoms with Crippen LogP contribution in [0.1, 0.15) is 28.1 Å². The molecule has 3 aromatic rings. The molecule has 0 radical (unpaired) electrons. The van der Waals surface area contributed by atoms with Gasteiger partial charge in [0, 0.05) is 23.1 Å². The van der Waals surface area contributed by atoms with Gasteiger partial charge in [0.2, 0.25) is 0 Å². The number of imide groups is 1. The number of carbonyl (C=O) groups excluding carboxylic acids is 2. The Morgan fingerprint density at radius 2 is 1.67 bits per heavy atom. The third kappa shape index (κ3) is 4.04. The highest BCUT2D eigenvalue weighted by Gasteiger charge is 2.35. The summed E-state index contributed by atoms with van der Waals surface area (Å²) >= 11 is 0.990. The van der Waals surface area contributed by atoms with Gasteiger partial charge in [-0.15, -0.1) is 0 Å². The molecule has 168 valence electrons. The van der Waals surface area contributed by atoms with Gasteiger partial charge in [-0.2, -0.15) is 0 Å². The van der Waals surface area contributed by atoms with E-state index >= 15 is 0 Å². The largest absolute Gasteiger partial charge is 0.486 e. The fraction of sp³-hybridized carbons (Fsp3) is 0.231. The summed E-state index contributed by atoms with van der Waals surface area (Å²) in [4.78, 5) is 27.3. The first-order chi connectivity index (χ1) is 15.9. The van der Waals surface area contributed by atoms with Crippen molar-refractivity contribution in [3.05, 3.63) is 81.5 Å². The second-order valence-corrected chi connectivity index (χ2v) is 9.24. The molecular formula is C26H24N2O4S. The van der Waals surface area contributed by atoms with Crippen molar-refractivity contribution >= 4 is 29.0 Å². The molecule has 0 bridgehead atoms. The molecule has 0 saturated carbocycles. The molecule has 1 saturated heterocycles. The van der Waals surface area contributed by atoms with Crippen LogP contribution < -0.4 is 9.47 Å². The zero-order valence-corrected chi connectivity index (χ0v) is 19.6. The number of ether oxygens (including phenoxy) is 2. The zero-order chi connectivity index (χ0) is 23.1. The van der Waals surface area contributed by atoms with E-state index in [4.69, 9.17) is 9.47 Å². The third-order valence-electron chi connectivity index (χ3n) is 5.88. The van der Waals surface area contributed by atoms with Crippen molar-refractivity contribution in [2.45, 2.75) is 27.3 Å². The van der Waals surface area contributed by atoms with Crippen molar-refractivity contribution < 1.29 is 19.1 Å². The summed E-state index contributed by atoms with van der Waals surface area (Å²) in [5.74, 6) is 1.22. The molecule has 0 N–H and O–H groups in total. The van der Waals surface area contributed by atoms with Crippen LogP contribution in [-0.4, -0.2) is 33.8 Å². The van der Waals surface area contributed by atoms with Gasteiger partial charge in [0.15, 0.2) is 11.5 Å². The van der Waals surface area contributed by atoms with Crippen LogP contribution in [0.5, 0.6) is 11.5 Å². The summed E-state index contributed by atoms with van der Waals surface area (Å²) in [5.41, 5.74) is 5.94. The predicted molar refractivity (Wildman–Crippen MR) is 129 cm³/mol. The van der Waals surface area contributed by atoms with Gasteiger partial charge in [-0.1, -0.05) is 29.8 Å². The van der Waals surface area contributed by atoms with E-state index in [1.807, 2.05) is 75.4 Å². The standard InChI is InChI=1S/C26H24N2O4S/c1-16-4-6-19(7-5-16)15-27-25(29)24(33-26(27)30)13-20-12-17(2)28(18(20)3)21-8-9-22-23(14-21)32-11-10-31-22/h4-9,12-14H,10-11,15H2,1-3H3/b24-13-. The molecule has 5 rings (SSSR count). The van der Waals surface area contributed by atoms with Crippen LogP contribution >= 0.6 is 11.8 Å². The lowest BCUT2D eigenvalue weighted by molar-refractivity contribution is -0.123. The van der Waals surface area contributed by atoms with Gasteiger partial charge in [-0.25, -0.2) is 0 Å². The predicted octanol–water partition coefficient (Wildman–Crippen LogP) is 5.41. The van der Waals surface area contributed by atoms with Crippen LogP contribution in [0.2, 0.25) is 0 Å². The maximum atomic E-state index is 13.0. The summed E-state index contributed by atoms with van der Waals surface area (Å²) in [7, 11) is 0. The first-order valence-electron chi connectivity index (χ1n) is 10.8. The number of fused-ring (bicyclic) bond motifs is 1. The van der Waals surface area contributed by atoms with Crippen LogP contribution in [0.4, 0.5) is 4.79 Å². The van der Waals surface area contributed by atoms with Gasteiger partial charge in [-0.3, -0.25) is 14.5 Å². The van der Waals surface area contributed by atoms with E-state index in [-0.39, 0.29) is 17.7 Å². The summed E-state index contributed by atoms with van der Waals surface area (Å²) in [6, 6.07) is 15.8. The Morgan fingerprint density at radius 1 is 0.939 bits per heavy atom. The minimum Gasteiger partial charge on any atom is -0.486 e. The van der Waals surface area contributed by atoms with E-state index in [1.165, 1.54) is 4.90 Å². The average molecular weight is 461 g/mol. The third-order valence-corrected chi connectivity index (χ3v) is 6.78. The van der Waals surface area contributed by atoms with Gasteiger partial charge in [0.1, 0.15) is 13.2 Å². The molecule has 2 aliphatic rings. The van der Waals surface area contributed by atoms with Crippen molar-refractivity contribution in [1.29, 1.82) is 0 Å². The number of benzene rings is 2. The lowest BCUT2D eigenvalue weighted by Gasteiger charge is -2.20. The average Bonchev–Trinajstić information content (AvgIpc) is 3.24. The van der Waals surface area contributed by atoms with Gasteiger partial charge in [0.25, 0.3) is 11.1 Å². The highest BCUT2D eigenvalue weighted by Crippen LogP contribution is 2.36. The molecule has 0 unspecified atom stereocenters. The zero-order valence-electron chi connectivity index (χ0n) is 18.8. The SMILES string of the molecule is Cc1ccc(CN2C(=O)S/C(=C\c3cc(C)n(-c4ccc5c(c4)OCCO5)c3C)C2=O)cc1. The number of amides is 2.